The van der Waals surface area contributed by atoms with Crippen LogP contribution in [0.25, 0.3) is 11.3 Å². The van der Waals surface area contributed by atoms with Gasteiger partial charge in [-0.25, -0.2) is 4.39 Å². The molecule has 3 heterocycles. The zero-order chi connectivity index (χ0) is 25.8. The number of halogens is 1. The Morgan fingerprint density at radius 3 is 2.65 bits per heavy atom. The quantitative estimate of drug-likeness (QED) is 0.454. The maximum atomic E-state index is 13.8. The number of benzene rings is 2. The molecule has 8 nitrogen and oxygen atoms in total. The lowest BCUT2D eigenvalue weighted by molar-refractivity contribution is 0.0507. The predicted molar refractivity (Wildman–Crippen MR) is 138 cm³/mol. The number of amides is 1. The molecule has 0 spiro atoms. The molecule has 3 aromatic rings. The van der Waals surface area contributed by atoms with Gasteiger partial charge in [-0.15, -0.1) is 0 Å². The molecule has 0 radical (unpaired) electrons. The molecule has 0 bridgehead atoms. The standard InChI is InChI=1S/C28H33FN4O4/c1-31-12-14-32(15-13-31)28-25(26(30-37-28)20-8-10-22(29)11-9-20)19-33(18-24-7-4-16-36-24)27(34)21-5-3-6-23(17-21)35-2/h3,5-6,8-11,17,24H,4,7,12-16,18-19H2,1-2H3. The maximum Gasteiger partial charge on any atom is 0.254 e. The minimum Gasteiger partial charge on any atom is -0.497 e. The molecule has 2 aromatic carbocycles. The summed E-state index contributed by atoms with van der Waals surface area (Å²) in [5.74, 6) is 0.840. The van der Waals surface area contributed by atoms with E-state index in [9.17, 15) is 9.18 Å². The maximum absolute atomic E-state index is 13.8. The zero-order valence-electron chi connectivity index (χ0n) is 21.4. The molecule has 1 aromatic heterocycles. The van der Waals surface area contributed by atoms with E-state index in [-0.39, 0.29) is 24.4 Å². The fraction of sp³-hybridized carbons (Fsp3) is 0.429. The van der Waals surface area contributed by atoms with E-state index >= 15 is 0 Å². The van der Waals surface area contributed by atoms with Crippen LogP contribution in [0, 0.1) is 5.82 Å². The van der Waals surface area contributed by atoms with Crippen molar-refractivity contribution in [2.24, 2.45) is 0 Å². The SMILES string of the molecule is COc1cccc(C(=O)N(Cc2c(-c3ccc(F)cc3)noc2N2CCN(C)CC2)CC2CCCO2)c1. The number of likely N-dealkylation sites (N-methyl/N-ethyl adjacent to an activating group) is 1. The number of aromatic nitrogens is 1. The van der Waals surface area contributed by atoms with Crippen LogP contribution in [0.15, 0.2) is 53.1 Å². The Morgan fingerprint density at radius 2 is 1.95 bits per heavy atom. The van der Waals surface area contributed by atoms with Crippen molar-refractivity contribution in [2.45, 2.75) is 25.5 Å². The Kier molecular flexibility index (Phi) is 7.71. The van der Waals surface area contributed by atoms with Gasteiger partial charge in [-0.05, 0) is 62.4 Å². The number of anilines is 1. The summed E-state index contributed by atoms with van der Waals surface area (Å²) in [6.45, 7) is 4.81. The van der Waals surface area contributed by atoms with E-state index in [1.807, 2.05) is 17.0 Å². The number of methoxy groups -OCH3 is 1. The summed E-state index contributed by atoms with van der Waals surface area (Å²) in [7, 11) is 3.68. The second kappa shape index (κ2) is 11.3. The van der Waals surface area contributed by atoms with Gasteiger partial charge in [0.2, 0.25) is 5.88 Å². The Bertz CT molecular complexity index is 1200. The molecule has 37 heavy (non-hydrogen) atoms. The number of carbonyl (C=O) groups excluding carboxylic acids is 1. The van der Waals surface area contributed by atoms with Crippen molar-refractivity contribution in [1.82, 2.24) is 15.0 Å². The lowest BCUT2D eigenvalue weighted by atomic mass is 10.1. The fourth-order valence-corrected chi connectivity index (χ4v) is 4.92. The molecular weight excluding hydrogens is 475 g/mol. The van der Waals surface area contributed by atoms with Gasteiger partial charge in [0.05, 0.1) is 25.3 Å². The first kappa shape index (κ1) is 25.2. The molecule has 1 atom stereocenters. The first-order chi connectivity index (χ1) is 18.0. The van der Waals surface area contributed by atoms with E-state index in [1.165, 1.54) is 12.1 Å². The Balaban J connectivity index is 1.52. The molecule has 0 N–H and O–H groups in total. The lowest BCUT2D eigenvalue weighted by Crippen LogP contribution is -2.45. The minimum atomic E-state index is -0.318. The number of hydrogen-bond acceptors (Lipinski definition) is 7. The summed E-state index contributed by atoms with van der Waals surface area (Å²) in [6, 6.07) is 13.4. The van der Waals surface area contributed by atoms with E-state index in [0.29, 0.717) is 36.0 Å². The molecule has 1 unspecified atom stereocenters. The highest BCUT2D eigenvalue weighted by molar-refractivity contribution is 5.94. The van der Waals surface area contributed by atoms with Gasteiger partial charge >= 0.3 is 0 Å². The molecular formula is C28H33FN4O4. The monoisotopic (exact) mass is 508 g/mol. The minimum absolute atomic E-state index is 0.0317. The highest BCUT2D eigenvalue weighted by Crippen LogP contribution is 2.34. The number of nitrogens with zero attached hydrogens (tertiary/aromatic N) is 4. The van der Waals surface area contributed by atoms with Crippen molar-refractivity contribution in [1.29, 1.82) is 0 Å². The van der Waals surface area contributed by atoms with Gasteiger partial charge in [-0.2, -0.15) is 0 Å². The van der Waals surface area contributed by atoms with E-state index < -0.39 is 0 Å². The van der Waals surface area contributed by atoms with Crippen LogP contribution in [0.2, 0.25) is 0 Å². The number of ether oxygens (including phenoxy) is 2. The molecule has 9 heteroatoms. The van der Waals surface area contributed by atoms with E-state index in [4.69, 9.17) is 14.0 Å². The van der Waals surface area contributed by atoms with Crippen LogP contribution in [-0.2, 0) is 11.3 Å². The molecule has 196 valence electrons. The third-order valence-corrected chi connectivity index (χ3v) is 7.08. The molecule has 0 saturated carbocycles. The van der Waals surface area contributed by atoms with Crippen LogP contribution in [0.3, 0.4) is 0 Å². The van der Waals surface area contributed by atoms with Gasteiger partial charge in [-0.1, -0.05) is 11.2 Å². The average Bonchev–Trinajstić information content (AvgIpc) is 3.59. The second-order valence-corrected chi connectivity index (χ2v) is 9.66. The molecule has 0 aliphatic carbocycles. The fourth-order valence-electron chi connectivity index (χ4n) is 4.92. The van der Waals surface area contributed by atoms with Crippen molar-refractivity contribution in [3.05, 3.63) is 65.5 Å². The van der Waals surface area contributed by atoms with Crippen molar-refractivity contribution in [3.8, 4) is 17.0 Å². The molecule has 5 rings (SSSR count). The van der Waals surface area contributed by atoms with Crippen LogP contribution >= 0.6 is 0 Å². The number of rotatable bonds is 8. The number of carbonyl (C=O) groups is 1. The topological polar surface area (TPSA) is 71.3 Å². The molecule has 2 aliphatic heterocycles. The molecule has 1 amide bonds. The summed E-state index contributed by atoms with van der Waals surface area (Å²) in [5.41, 5.74) is 2.71. The third-order valence-electron chi connectivity index (χ3n) is 7.08. The van der Waals surface area contributed by atoms with Crippen molar-refractivity contribution >= 4 is 11.8 Å². The first-order valence-electron chi connectivity index (χ1n) is 12.7. The summed E-state index contributed by atoms with van der Waals surface area (Å²) in [4.78, 5) is 20.1. The largest absolute Gasteiger partial charge is 0.497 e. The first-order valence-corrected chi connectivity index (χ1v) is 12.7. The Labute approximate surface area is 216 Å². The van der Waals surface area contributed by atoms with Crippen molar-refractivity contribution in [2.75, 3.05) is 58.4 Å². The van der Waals surface area contributed by atoms with E-state index in [1.54, 1.807) is 31.4 Å². The van der Waals surface area contributed by atoms with Gasteiger partial charge in [0.15, 0.2) is 0 Å². The normalized spacial score (nSPS) is 18.2. The van der Waals surface area contributed by atoms with E-state index in [2.05, 4.69) is 22.0 Å². The third kappa shape index (κ3) is 5.78. The molecule has 2 fully saturated rings. The second-order valence-electron chi connectivity index (χ2n) is 9.66. The van der Waals surface area contributed by atoms with Gasteiger partial charge in [0, 0.05) is 50.5 Å². The van der Waals surface area contributed by atoms with Crippen molar-refractivity contribution < 1.29 is 23.2 Å². The average molecular weight is 509 g/mol. The lowest BCUT2D eigenvalue weighted by Gasteiger charge is -2.33. The van der Waals surface area contributed by atoms with Gasteiger partial charge in [0.1, 0.15) is 17.3 Å². The summed E-state index contributed by atoms with van der Waals surface area (Å²) >= 11 is 0. The van der Waals surface area contributed by atoms with Crippen LogP contribution in [0.5, 0.6) is 5.75 Å². The van der Waals surface area contributed by atoms with Gasteiger partial charge in [0.25, 0.3) is 5.91 Å². The van der Waals surface area contributed by atoms with Crippen molar-refractivity contribution in [3.63, 3.8) is 0 Å². The van der Waals surface area contributed by atoms with Crippen LogP contribution in [0.1, 0.15) is 28.8 Å². The highest BCUT2D eigenvalue weighted by atomic mass is 19.1. The molecule has 2 aliphatic rings. The summed E-state index contributed by atoms with van der Waals surface area (Å²) in [6.07, 6.45) is 1.85. The summed E-state index contributed by atoms with van der Waals surface area (Å²) < 4.78 is 30.9. The smallest absolute Gasteiger partial charge is 0.254 e. The number of piperazine rings is 1. The molecule has 2 saturated heterocycles. The van der Waals surface area contributed by atoms with Crippen LogP contribution in [-0.4, -0.2) is 80.5 Å². The summed E-state index contributed by atoms with van der Waals surface area (Å²) in [5, 5.41) is 4.41. The zero-order valence-corrected chi connectivity index (χ0v) is 21.4. The van der Waals surface area contributed by atoms with Gasteiger partial charge < -0.3 is 28.7 Å². The Morgan fingerprint density at radius 1 is 1.16 bits per heavy atom. The van der Waals surface area contributed by atoms with E-state index in [0.717, 1.165) is 50.1 Å². The van der Waals surface area contributed by atoms with Crippen LogP contribution in [0.4, 0.5) is 10.3 Å². The Hall–Kier alpha value is -3.43. The predicted octanol–water partition coefficient (Wildman–Crippen LogP) is 4.06. The highest BCUT2D eigenvalue weighted by Gasteiger charge is 2.30. The van der Waals surface area contributed by atoms with Gasteiger partial charge in [-0.3, -0.25) is 4.79 Å². The number of hydrogen-bond donors (Lipinski definition) is 0. The van der Waals surface area contributed by atoms with Crippen LogP contribution < -0.4 is 9.64 Å².